The molecule has 0 unspecified atom stereocenters. The van der Waals surface area contributed by atoms with Gasteiger partial charge in [-0.25, -0.2) is 4.79 Å². The highest BCUT2D eigenvalue weighted by molar-refractivity contribution is 5.93. The van der Waals surface area contributed by atoms with Gasteiger partial charge in [0.15, 0.2) is 0 Å². The summed E-state index contributed by atoms with van der Waals surface area (Å²) in [5, 5.41) is 13.9. The van der Waals surface area contributed by atoms with Crippen LogP contribution in [0.5, 0.6) is 0 Å². The molecule has 0 heterocycles. The molecule has 3 N–H and O–H groups in total. The maximum absolute atomic E-state index is 11.9. The highest BCUT2D eigenvalue weighted by Gasteiger charge is 2.21. The van der Waals surface area contributed by atoms with E-state index in [4.69, 9.17) is 5.11 Å². The number of para-hydroxylation sites is 2. The summed E-state index contributed by atoms with van der Waals surface area (Å²) >= 11 is 0. The van der Waals surface area contributed by atoms with Crippen molar-refractivity contribution in [3.8, 4) is 0 Å². The van der Waals surface area contributed by atoms with Crippen LogP contribution < -0.4 is 15.5 Å². The number of carboxylic acids is 1. The smallest absolute Gasteiger partial charge is 0.319 e. The van der Waals surface area contributed by atoms with Crippen LogP contribution in [-0.2, 0) is 4.79 Å². The van der Waals surface area contributed by atoms with Crippen LogP contribution in [0.3, 0.4) is 0 Å². The van der Waals surface area contributed by atoms with Crippen LogP contribution in [0.2, 0.25) is 0 Å². The summed E-state index contributed by atoms with van der Waals surface area (Å²) < 4.78 is 0. The van der Waals surface area contributed by atoms with Crippen molar-refractivity contribution in [1.82, 2.24) is 5.32 Å². The molecule has 1 fully saturated rings. The average molecular weight is 305 g/mol. The van der Waals surface area contributed by atoms with Crippen molar-refractivity contribution in [2.75, 3.05) is 23.8 Å². The Bertz CT molecular complexity index is 527. The monoisotopic (exact) mass is 305 g/mol. The van der Waals surface area contributed by atoms with Gasteiger partial charge in [-0.05, 0) is 25.0 Å². The maximum atomic E-state index is 11.9. The third-order valence-corrected chi connectivity index (χ3v) is 4.03. The molecule has 6 nitrogen and oxygen atoms in total. The lowest BCUT2D eigenvalue weighted by atomic mass is 10.1. The molecule has 0 bridgehead atoms. The number of carbonyl (C=O) groups is 2. The summed E-state index contributed by atoms with van der Waals surface area (Å²) in [5.74, 6) is -0.929. The van der Waals surface area contributed by atoms with E-state index in [2.05, 4.69) is 22.6 Å². The highest BCUT2D eigenvalue weighted by atomic mass is 16.4. The van der Waals surface area contributed by atoms with E-state index in [0.717, 1.165) is 11.4 Å². The molecule has 0 atom stereocenters. The Hall–Kier alpha value is -2.24. The number of nitrogens with zero attached hydrogens (tertiary/aromatic N) is 1. The summed E-state index contributed by atoms with van der Waals surface area (Å²) in [6, 6.07) is 7.81. The molecule has 120 valence electrons. The van der Waals surface area contributed by atoms with Gasteiger partial charge < -0.3 is 20.6 Å². The number of urea groups is 1. The van der Waals surface area contributed by atoms with E-state index in [1.807, 2.05) is 24.3 Å². The Morgan fingerprint density at radius 2 is 1.95 bits per heavy atom. The minimum absolute atomic E-state index is 0.0863. The Labute approximate surface area is 130 Å². The minimum Gasteiger partial charge on any atom is -0.481 e. The molecule has 2 amide bonds. The normalized spacial score (nSPS) is 14.6. The maximum Gasteiger partial charge on any atom is 0.319 e. The van der Waals surface area contributed by atoms with Crippen LogP contribution in [0.15, 0.2) is 24.3 Å². The molecule has 0 saturated heterocycles. The van der Waals surface area contributed by atoms with E-state index >= 15 is 0 Å². The third kappa shape index (κ3) is 4.38. The van der Waals surface area contributed by atoms with Crippen LogP contribution in [0, 0.1) is 0 Å². The van der Waals surface area contributed by atoms with Crippen molar-refractivity contribution in [1.29, 1.82) is 0 Å². The Balaban J connectivity index is 1.98. The van der Waals surface area contributed by atoms with Gasteiger partial charge in [-0.2, -0.15) is 0 Å². The zero-order valence-corrected chi connectivity index (χ0v) is 12.8. The molecular formula is C16H23N3O3. The van der Waals surface area contributed by atoms with Crippen LogP contribution in [0.1, 0.15) is 32.1 Å². The second kappa shape index (κ2) is 7.68. The fraction of sp³-hybridized carbons (Fsp3) is 0.500. The van der Waals surface area contributed by atoms with Crippen LogP contribution >= 0.6 is 0 Å². The SMILES string of the molecule is CN(c1ccccc1NC(=O)NCCC(=O)O)C1CCCC1. The van der Waals surface area contributed by atoms with Crippen molar-refractivity contribution < 1.29 is 14.7 Å². The molecular weight excluding hydrogens is 282 g/mol. The molecule has 1 aromatic rings. The Kier molecular flexibility index (Phi) is 5.63. The van der Waals surface area contributed by atoms with Gasteiger partial charge in [0, 0.05) is 19.6 Å². The fourth-order valence-corrected chi connectivity index (χ4v) is 2.82. The van der Waals surface area contributed by atoms with Crippen molar-refractivity contribution in [2.45, 2.75) is 38.1 Å². The van der Waals surface area contributed by atoms with E-state index in [1.54, 1.807) is 0 Å². The van der Waals surface area contributed by atoms with Crippen molar-refractivity contribution in [2.24, 2.45) is 0 Å². The number of hydrogen-bond acceptors (Lipinski definition) is 3. The van der Waals surface area contributed by atoms with Gasteiger partial charge in [0.25, 0.3) is 0 Å². The van der Waals surface area contributed by atoms with Crippen molar-refractivity contribution >= 4 is 23.4 Å². The van der Waals surface area contributed by atoms with Gasteiger partial charge >= 0.3 is 12.0 Å². The largest absolute Gasteiger partial charge is 0.481 e. The summed E-state index contributed by atoms with van der Waals surface area (Å²) in [5.41, 5.74) is 1.73. The zero-order chi connectivity index (χ0) is 15.9. The second-order valence-electron chi connectivity index (χ2n) is 5.59. The first-order chi connectivity index (χ1) is 10.6. The number of aliphatic carboxylic acids is 1. The van der Waals surface area contributed by atoms with E-state index in [9.17, 15) is 9.59 Å². The van der Waals surface area contributed by atoms with Gasteiger partial charge in [0.1, 0.15) is 0 Å². The first-order valence-electron chi connectivity index (χ1n) is 7.66. The first kappa shape index (κ1) is 16.1. The van der Waals surface area contributed by atoms with E-state index < -0.39 is 5.97 Å². The Morgan fingerprint density at radius 1 is 1.27 bits per heavy atom. The molecule has 2 rings (SSSR count). The molecule has 0 aliphatic heterocycles. The van der Waals surface area contributed by atoms with Gasteiger partial charge in [-0.3, -0.25) is 4.79 Å². The number of anilines is 2. The average Bonchev–Trinajstić information content (AvgIpc) is 3.01. The summed E-state index contributed by atoms with van der Waals surface area (Å²) in [6.07, 6.45) is 4.77. The number of hydrogen-bond donors (Lipinski definition) is 3. The first-order valence-corrected chi connectivity index (χ1v) is 7.66. The summed E-state index contributed by atoms with van der Waals surface area (Å²) in [6.45, 7) is 0.113. The molecule has 1 aromatic carbocycles. The number of carbonyl (C=O) groups excluding carboxylic acids is 1. The van der Waals surface area contributed by atoms with Gasteiger partial charge in [-0.15, -0.1) is 0 Å². The quantitative estimate of drug-likeness (QED) is 0.754. The van der Waals surface area contributed by atoms with E-state index in [-0.39, 0.29) is 19.0 Å². The molecule has 22 heavy (non-hydrogen) atoms. The fourth-order valence-electron chi connectivity index (χ4n) is 2.82. The standard InChI is InChI=1S/C16H23N3O3/c1-19(12-6-2-3-7-12)14-9-5-4-8-13(14)18-16(22)17-11-10-15(20)21/h4-5,8-9,12H,2-3,6-7,10-11H2,1H3,(H,20,21)(H2,17,18,22). The predicted octanol–water partition coefficient (Wildman–Crippen LogP) is 2.66. The summed E-state index contributed by atoms with van der Waals surface area (Å²) in [4.78, 5) is 24.5. The van der Waals surface area contributed by atoms with Gasteiger partial charge in [0.05, 0.1) is 17.8 Å². The number of nitrogens with one attached hydrogen (secondary N) is 2. The van der Waals surface area contributed by atoms with Crippen LogP contribution in [0.25, 0.3) is 0 Å². The second-order valence-corrected chi connectivity index (χ2v) is 5.59. The minimum atomic E-state index is -0.929. The molecule has 1 saturated carbocycles. The van der Waals surface area contributed by atoms with Crippen molar-refractivity contribution in [3.63, 3.8) is 0 Å². The van der Waals surface area contributed by atoms with Crippen LogP contribution in [0.4, 0.5) is 16.2 Å². The zero-order valence-electron chi connectivity index (χ0n) is 12.8. The number of amides is 2. The van der Waals surface area contributed by atoms with Crippen molar-refractivity contribution in [3.05, 3.63) is 24.3 Å². The molecule has 0 aromatic heterocycles. The molecule has 0 radical (unpaired) electrons. The van der Waals surface area contributed by atoms with Gasteiger partial charge in [0.2, 0.25) is 0 Å². The molecule has 6 heteroatoms. The summed E-state index contributed by atoms with van der Waals surface area (Å²) in [7, 11) is 2.05. The lowest BCUT2D eigenvalue weighted by Gasteiger charge is -2.28. The van der Waals surface area contributed by atoms with Gasteiger partial charge in [-0.1, -0.05) is 25.0 Å². The molecule has 1 aliphatic rings. The van der Waals surface area contributed by atoms with E-state index in [1.165, 1.54) is 25.7 Å². The van der Waals surface area contributed by atoms with Crippen LogP contribution in [-0.4, -0.2) is 36.7 Å². The number of rotatable bonds is 6. The number of carboxylic acid groups (broad SMARTS) is 1. The molecule has 0 spiro atoms. The predicted molar refractivity (Wildman–Crippen MR) is 86.4 cm³/mol. The van der Waals surface area contributed by atoms with E-state index in [0.29, 0.717) is 6.04 Å². The lowest BCUT2D eigenvalue weighted by molar-refractivity contribution is -0.136. The highest BCUT2D eigenvalue weighted by Crippen LogP contribution is 2.31. The topological polar surface area (TPSA) is 81.7 Å². The number of benzene rings is 1. The Morgan fingerprint density at radius 3 is 2.64 bits per heavy atom. The third-order valence-electron chi connectivity index (χ3n) is 4.03. The lowest BCUT2D eigenvalue weighted by Crippen LogP contribution is -2.33. The molecule has 1 aliphatic carbocycles.